The lowest BCUT2D eigenvalue weighted by Crippen LogP contribution is -2.12. The van der Waals surface area contributed by atoms with E-state index in [9.17, 15) is 4.79 Å². The Hall–Kier alpha value is -2.09. The largest absolute Gasteiger partial charge is 0.453 e. The molecule has 0 bridgehead atoms. The summed E-state index contributed by atoms with van der Waals surface area (Å²) in [7, 11) is 0. The lowest BCUT2D eigenvalue weighted by molar-refractivity contribution is -0.147. The fourth-order valence-corrected chi connectivity index (χ4v) is 3.36. The van der Waals surface area contributed by atoms with Crippen molar-refractivity contribution < 1.29 is 9.53 Å². The molecule has 0 saturated carbocycles. The highest BCUT2D eigenvalue weighted by Crippen LogP contribution is 2.37. The van der Waals surface area contributed by atoms with Gasteiger partial charge in [0.1, 0.15) is 6.10 Å². The number of esters is 1. The van der Waals surface area contributed by atoms with Gasteiger partial charge in [0.2, 0.25) is 0 Å². The Labute approximate surface area is 144 Å². The summed E-state index contributed by atoms with van der Waals surface area (Å²) in [6.07, 6.45) is 7.47. The van der Waals surface area contributed by atoms with Gasteiger partial charge in [-0.15, -0.1) is 0 Å². The number of ether oxygens (including phenoxy) is 1. The molecule has 0 N–H and O–H groups in total. The minimum Gasteiger partial charge on any atom is -0.453 e. The normalized spacial score (nSPS) is 15.9. The van der Waals surface area contributed by atoms with Crippen LogP contribution in [0.15, 0.2) is 36.4 Å². The molecule has 2 heteroatoms. The average molecular weight is 322 g/mol. The third-order valence-corrected chi connectivity index (χ3v) is 4.66. The van der Waals surface area contributed by atoms with E-state index in [1.807, 2.05) is 13.0 Å². The monoisotopic (exact) mass is 322 g/mol. The van der Waals surface area contributed by atoms with Gasteiger partial charge in [-0.05, 0) is 53.2 Å². The van der Waals surface area contributed by atoms with Crippen LogP contribution in [0.25, 0.3) is 16.8 Å². The highest BCUT2D eigenvalue weighted by atomic mass is 16.5. The van der Waals surface area contributed by atoms with Gasteiger partial charge < -0.3 is 4.74 Å². The summed E-state index contributed by atoms with van der Waals surface area (Å²) < 4.78 is 5.69. The Morgan fingerprint density at radius 1 is 1.21 bits per heavy atom. The number of hydrogen-bond donors (Lipinski definition) is 0. The van der Waals surface area contributed by atoms with Gasteiger partial charge in [0.25, 0.3) is 0 Å². The van der Waals surface area contributed by atoms with Crippen LogP contribution in [-0.2, 0) is 16.0 Å². The second-order valence-electron chi connectivity index (χ2n) is 7.04. The molecule has 1 atom stereocenters. The predicted octanol–water partition coefficient (Wildman–Crippen LogP) is 5.84. The van der Waals surface area contributed by atoms with E-state index >= 15 is 0 Å². The maximum Gasteiger partial charge on any atom is 0.306 e. The summed E-state index contributed by atoms with van der Waals surface area (Å²) in [5.41, 5.74) is 3.80. The Morgan fingerprint density at radius 2 is 2.04 bits per heavy atom. The molecule has 3 rings (SSSR count). The summed E-state index contributed by atoms with van der Waals surface area (Å²) in [6, 6.07) is 10.7. The topological polar surface area (TPSA) is 26.3 Å². The number of hydrogen-bond acceptors (Lipinski definition) is 2. The quantitative estimate of drug-likeness (QED) is 0.624. The molecular weight excluding hydrogens is 296 g/mol. The zero-order valence-electron chi connectivity index (χ0n) is 14.8. The van der Waals surface area contributed by atoms with Crippen LogP contribution >= 0.6 is 0 Å². The van der Waals surface area contributed by atoms with E-state index in [4.69, 9.17) is 4.74 Å². The summed E-state index contributed by atoms with van der Waals surface area (Å²) in [6.45, 7) is 6.52. The molecular formula is C22H26O2. The lowest BCUT2D eigenvalue weighted by atomic mass is 9.86. The first-order chi connectivity index (χ1) is 11.6. The maximum atomic E-state index is 11.9. The number of carbonyl (C=O) groups excluding carboxylic acids is 1. The minimum atomic E-state index is -0.263. The van der Waals surface area contributed by atoms with Gasteiger partial charge in [0, 0.05) is 12.0 Å². The van der Waals surface area contributed by atoms with E-state index < -0.39 is 0 Å². The first-order valence-electron chi connectivity index (χ1n) is 9.02. The van der Waals surface area contributed by atoms with Crippen molar-refractivity contribution in [3.63, 3.8) is 0 Å². The molecule has 24 heavy (non-hydrogen) atoms. The van der Waals surface area contributed by atoms with Crippen LogP contribution in [0.3, 0.4) is 0 Å². The molecule has 2 nitrogen and oxygen atoms in total. The smallest absolute Gasteiger partial charge is 0.306 e. The van der Waals surface area contributed by atoms with Crippen molar-refractivity contribution in [3.8, 4) is 0 Å². The second-order valence-corrected chi connectivity index (χ2v) is 7.04. The summed E-state index contributed by atoms with van der Waals surface area (Å²) in [5.74, 6) is 0.571. The molecule has 126 valence electrons. The van der Waals surface area contributed by atoms with Crippen molar-refractivity contribution in [1.29, 1.82) is 0 Å². The van der Waals surface area contributed by atoms with Gasteiger partial charge in [0.15, 0.2) is 0 Å². The predicted molar refractivity (Wildman–Crippen MR) is 99.9 cm³/mol. The van der Waals surface area contributed by atoms with Crippen LogP contribution in [0.2, 0.25) is 0 Å². The van der Waals surface area contributed by atoms with Gasteiger partial charge in [0.05, 0.1) is 0 Å². The van der Waals surface area contributed by atoms with Crippen molar-refractivity contribution in [1.82, 2.24) is 0 Å². The van der Waals surface area contributed by atoms with Crippen LogP contribution in [0.5, 0.6) is 0 Å². The SMILES string of the molecule is CCCC(=O)OC1C=Cc2c(CCC(C)C)ccc3cccc1c23. The van der Waals surface area contributed by atoms with Crippen LogP contribution in [0.1, 0.15) is 62.8 Å². The van der Waals surface area contributed by atoms with E-state index in [1.165, 1.54) is 28.3 Å². The number of rotatable bonds is 6. The lowest BCUT2D eigenvalue weighted by Gasteiger charge is -2.23. The first-order valence-corrected chi connectivity index (χ1v) is 9.02. The zero-order chi connectivity index (χ0) is 17.1. The van der Waals surface area contributed by atoms with Crippen LogP contribution in [0, 0.1) is 5.92 Å². The van der Waals surface area contributed by atoms with Crippen molar-refractivity contribution in [2.45, 2.75) is 52.6 Å². The molecule has 0 fully saturated rings. The van der Waals surface area contributed by atoms with E-state index in [1.54, 1.807) is 0 Å². The molecule has 1 aliphatic rings. The fourth-order valence-electron chi connectivity index (χ4n) is 3.36. The first kappa shape index (κ1) is 16.8. The highest BCUT2D eigenvalue weighted by Gasteiger charge is 2.22. The van der Waals surface area contributed by atoms with Crippen molar-refractivity contribution in [3.05, 3.63) is 53.1 Å². The molecule has 0 aliphatic heterocycles. The highest BCUT2D eigenvalue weighted by molar-refractivity contribution is 5.97. The van der Waals surface area contributed by atoms with Crippen LogP contribution < -0.4 is 0 Å². The Morgan fingerprint density at radius 3 is 2.79 bits per heavy atom. The van der Waals surface area contributed by atoms with Gasteiger partial charge in [-0.3, -0.25) is 4.79 Å². The van der Waals surface area contributed by atoms with Crippen LogP contribution in [-0.4, -0.2) is 5.97 Å². The van der Waals surface area contributed by atoms with Gasteiger partial charge >= 0.3 is 5.97 Å². The van der Waals surface area contributed by atoms with Gasteiger partial charge in [-0.1, -0.05) is 57.2 Å². The standard InChI is InChI=1S/C22H26O2/c1-4-6-21(23)24-20-14-13-18-16(10-9-15(2)3)11-12-17-7-5-8-19(20)22(17)18/h5,7-8,11-15,20H,4,6,9-10H2,1-3H3. The second kappa shape index (κ2) is 7.21. The molecule has 1 unspecified atom stereocenters. The molecule has 0 saturated heterocycles. The number of aryl methyl sites for hydroxylation is 1. The van der Waals surface area contributed by atoms with E-state index in [0.29, 0.717) is 12.3 Å². The maximum absolute atomic E-state index is 11.9. The van der Waals surface area contributed by atoms with Crippen molar-refractivity contribution in [2.75, 3.05) is 0 Å². The summed E-state index contributed by atoms with van der Waals surface area (Å²) in [5, 5.41) is 2.47. The Bertz CT molecular complexity index is 771. The average Bonchev–Trinajstić information content (AvgIpc) is 2.56. The molecule has 0 heterocycles. The number of benzene rings is 2. The molecule has 2 aromatic rings. The molecule has 1 aliphatic carbocycles. The zero-order valence-corrected chi connectivity index (χ0v) is 14.8. The molecule has 0 amide bonds. The number of carbonyl (C=O) groups is 1. The Kier molecular flexibility index (Phi) is 5.03. The molecule has 0 spiro atoms. The van der Waals surface area contributed by atoms with Gasteiger partial charge in [-0.2, -0.15) is 0 Å². The van der Waals surface area contributed by atoms with Crippen LogP contribution in [0.4, 0.5) is 0 Å². The summed E-state index contributed by atoms with van der Waals surface area (Å²) >= 11 is 0. The minimum absolute atomic E-state index is 0.122. The third kappa shape index (κ3) is 3.38. The molecule has 0 radical (unpaired) electrons. The molecule has 0 aromatic heterocycles. The Balaban J connectivity index is 1.99. The van der Waals surface area contributed by atoms with Gasteiger partial charge in [-0.25, -0.2) is 0 Å². The third-order valence-electron chi connectivity index (χ3n) is 4.66. The van der Waals surface area contributed by atoms with E-state index in [2.05, 4.69) is 50.3 Å². The van der Waals surface area contributed by atoms with E-state index in [0.717, 1.165) is 18.4 Å². The fraction of sp³-hybridized carbons (Fsp3) is 0.409. The summed E-state index contributed by atoms with van der Waals surface area (Å²) in [4.78, 5) is 11.9. The van der Waals surface area contributed by atoms with Crippen molar-refractivity contribution in [2.24, 2.45) is 5.92 Å². The van der Waals surface area contributed by atoms with Crippen molar-refractivity contribution >= 4 is 22.8 Å². The van der Waals surface area contributed by atoms with E-state index in [-0.39, 0.29) is 12.1 Å². The molecule has 2 aromatic carbocycles.